The lowest BCUT2D eigenvalue weighted by atomic mass is 10.00. The lowest BCUT2D eigenvalue weighted by Gasteiger charge is -2.21. The van der Waals surface area contributed by atoms with E-state index in [0.29, 0.717) is 22.5 Å². The molecule has 30 heavy (non-hydrogen) atoms. The van der Waals surface area contributed by atoms with Gasteiger partial charge in [-0.25, -0.2) is 19.2 Å². The monoisotopic (exact) mass is 417 g/mol. The summed E-state index contributed by atoms with van der Waals surface area (Å²) >= 11 is 5.56. The third kappa shape index (κ3) is 3.95. The number of rotatable bonds is 5. The van der Waals surface area contributed by atoms with Gasteiger partial charge in [0.25, 0.3) is 6.08 Å². The van der Waals surface area contributed by atoms with E-state index in [0.717, 1.165) is 5.56 Å². The number of para-hydroxylation sites is 1. The van der Waals surface area contributed by atoms with Crippen molar-refractivity contribution in [1.82, 2.24) is 0 Å². The number of thiocarbonyl (C=S) groups is 1. The molecule has 0 aromatic heterocycles. The quantitative estimate of drug-likeness (QED) is 0.346. The van der Waals surface area contributed by atoms with Gasteiger partial charge >= 0.3 is 0 Å². The third-order valence-electron chi connectivity index (χ3n) is 4.57. The Labute approximate surface area is 178 Å². The van der Waals surface area contributed by atoms with Crippen LogP contribution in [0.1, 0.15) is 16.7 Å². The van der Waals surface area contributed by atoms with Gasteiger partial charge in [0.15, 0.2) is 4.99 Å². The second-order valence-electron chi connectivity index (χ2n) is 6.46. The SMILES string of the molecule is O=C=NN1C(=S)C(OCc2ccccc2)N=C(c2ccccc2F)c2ccccc21. The number of isocyanates is 1. The second kappa shape index (κ2) is 8.88. The minimum Gasteiger partial charge on any atom is -0.345 e. The van der Waals surface area contributed by atoms with E-state index in [-0.39, 0.29) is 11.6 Å². The van der Waals surface area contributed by atoms with Crippen molar-refractivity contribution in [1.29, 1.82) is 0 Å². The molecule has 1 atom stereocenters. The van der Waals surface area contributed by atoms with Gasteiger partial charge in [-0.05, 0) is 23.8 Å². The van der Waals surface area contributed by atoms with Crippen molar-refractivity contribution in [3.63, 3.8) is 0 Å². The Morgan fingerprint density at radius 2 is 1.67 bits per heavy atom. The first-order valence-electron chi connectivity index (χ1n) is 9.18. The first-order valence-corrected chi connectivity index (χ1v) is 9.59. The number of aliphatic imine (C=N–C) groups is 1. The molecule has 0 radical (unpaired) electrons. The van der Waals surface area contributed by atoms with Gasteiger partial charge in [0.1, 0.15) is 5.82 Å². The van der Waals surface area contributed by atoms with E-state index in [4.69, 9.17) is 17.0 Å². The molecule has 1 unspecified atom stereocenters. The van der Waals surface area contributed by atoms with E-state index >= 15 is 0 Å². The Morgan fingerprint density at radius 1 is 1.00 bits per heavy atom. The van der Waals surface area contributed by atoms with Crippen molar-refractivity contribution in [2.45, 2.75) is 12.8 Å². The van der Waals surface area contributed by atoms with Crippen LogP contribution in [0.15, 0.2) is 89.0 Å². The van der Waals surface area contributed by atoms with Crippen LogP contribution in [0.2, 0.25) is 0 Å². The number of hydrazone groups is 1. The summed E-state index contributed by atoms with van der Waals surface area (Å²) in [6, 6.07) is 23.0. The van der Waals surface area contributed by atoms with E-state index < -0.39 is 12.0 Å². The molecular weight excluding hydrogens is 401 g/mol. The summed E-state index contributed by atoms with van der Waals surface area (Å²) in [4.78, 5) is 15.9. The van der Waals surface area contributed by atoms with Crippen molar-refractivity contribution < 1.29 is 13.9 Å². The van der Waals surface area contributed by atoms with Gasteiger partial charge in [-0.1, -0.05) is 78.0 Å². The molecule has 1 aliphatic rings. The molecule has 7 heteroatoms. The van der Waals surface area contributed by atoms with Crippen LogP contribution in [0.5, 0.6) is 0 Å². The van der Waals surface area contributed by atoms with Crippen molar-refractivity contribution in [2.24, 2.45) is 10.1 Å². The number of hydrogen-bond donors (Lipinski definition) is 0. The number of ether oxygens (including phenoxy) is 1. The van der Waals surface area contributed by atoms with Crippen LogP contribution in [0, 0.1) is 5.82 Å². The summed E-state index contributed by atoms with van der Waals surface area (Å²) in [6.45, 7) is 0.231. The minimum atomic E-state index is -0.959. The molecule has 3 aromatic carbocycles. The van der Waals surface area contributed by atoms with Crippen LogP contribution in [0.4, 0.5) is 10.1 Å². The fraction of sp³-hybridized carbons (Fsp3) is 0.0870. The Balaban J connectivity index is 1.83. The lowest BCUT2D eigenvalue weighted by molar-refractivity contribution is 0.0909. The highest BCUT2D eigenvalue weighted by Crippen LogP contribution is 2.30. The maximum atomic E-state index is 14.7. The molecule has 148 valence electrons. The fourth-order valence-corrected chi connectivity index (χ4v) is 3.45. The average Bonchev–Trinajstić information content (AvgIpc) is 2.89. The Bertz CT molecular complexity index is 1160. The van der Waals surface area contributed by atoms with Crippen molar-refractivity contribution >= 4 is 34.7 Å². The van der Waals surface area contributed by atoms with E-state index in [9.17, 15) is 9.18 Å². The number of halogens is 1. The highest BCUT2D eigenvalue weighted by molar-refractivity contribution is 7.80. The molecule has 4 rings (SSSR count). The molecule has 1 heterocycles. The molecule has 0 amide bonds. The Hall–Kier alpha value is -3.51. The first kappa shape index (κ1) is 19.8. The van der Waals surface area contributed by atoms with Crippen LogP contribution in [-0.2, 0) is 16.1 Å². The molecule has 0 aliphatic carbocycles. The van der Waals surface area contributed by atoms with Gasteiger partial charge in [0.05, 0.1) is 18.0 Å². The fourth-order valence-electron chi connectivity index (χ4n) is 3.19. The summed E-state index contributed by atoms with van der Waals surface area (Å²) in [5.74, 6) is -0.425. The maximum Gasteiger partial charge on any atom is 0.259 e. The molecule has 0 N–H and O–H groups in total. The second-order valence-corrected chi connectivity index (χ2v) is 6.88. The van der Waals surface area contributed by atoms with Crippen LogP contribution >= 0.6 is 12.2 Å². The summed E-state index contributed by atoms with van der Waals surface area (Å²) < 4.78 is 20.6. The Kier molecular flexibility index (Phi) is 5.86. The molecule has 0 spiro atoms. The number of benzodiazepines with no additional fused rings is 1. The largest absolute Gasteiger partial charge is 0.345 e. The van der Waals surface area contributed by atoms with Gasteiger partial charge in [-0.15, -0.1) is 0 Å². The predicted molar refractivity (Wildman–Crippen MR) is 117 cm³/mol. The van der Waals surface area contributed by atoms with E-state index in [1.807, 2.05) is 30.3 Å². The molecule has 0 bridgehead atoms. The first-order chi connectivity index (χ1) is 14.7. The molecule has 0 saturated heterocycles. The molecule has 5 nitrogen and oxygen atoms in total. The summed E-state index contributed by atoms with van der Waals surface area (Å²) in [6.07, 6.45) is 0.571. The van der Waals surface area contributed by atoms with Gasteiger partial charge in [-0.3, -0.25) is 0 Å². The zero-order chi connectivity index (χ0) is 20.9. The lowest BCUT2D eigenvalue weighted by Crippen LogP contribution is -2.34. The van der Waals surface area contributed by atoms with Crippen LogP contribution in [0.25, 0.3) is 0 Å². The average molecular weight is 417 g/mol. The highest BCUT2D eigenvalue weighted by atomic mass is 32.1. The van der Waals surface area contributed by atoms with E-state index in [1.165, 1.54) is 17.2 Å². The van der Waals surface area contributed by atoms with Gasteiger partial charge in [0, 0.05) is 11.1 Å². The topological polar surface area (TPSA) is 54.3 Å². The van der Waals surface area contributed by atoms with Crippen molar-refractivity contribution in [2.75, 3.05) is 5.01 Å². The molecular formula is C23H16FN3O2S. The number of nitrogens with zero attached hydrogens (tertiary/aromatic N) is 3. The molecule has 3 aromatic rings. The third-order valence-corrected chi connectivity index (χ3v) is 4.95. The van der Waals surface area contributed by atoms with Crippen LogP contribution in [0.3, 0.4) is 0 Å². The van der Waals surface area contributed by atoms with Crippen LogP contribution in [-0.4, -0.2) is 23.0 Å². The van der Waals surface area contributed by atoms with E-state index in [2.05, 4.69) is 10.1 Å². The van der Waals surface area contributed by atoms with E-state index in [1.54, 1.807) is 42.5 Å². The molecule has 1 aliphatic heterocycles. The maximum absolute atomic E-state index is 14.7. The number of hydrogen-bond acceptors (Lipinski definition) is 5. The van der Waals surface area contributed by atoms with Crippen molar-refractivity contribution in [3.8, 4) is 0 Å². The Morgan fingerprint density at radius 3 is 2.40 bits per heavy atom. The normalized spacial score (nSPS) is 15.6. The molecule has 0 fully saturated rings. The number of benzene rings is 3. The van der Waals surface area contributed by atoms with Crippen LogP contribution < -0.4 is 5.01 Å². The summed E-state index contributed by atoms with van der Waals surface area (Å²) in [5, 5.41) is 5.03. The summed E-state index contributed by atoms with van der Waals surface area (Å²) in [5.41, 5.74) is 2.68. The zero-order valence-electron chi connectivity index (χ0n) is 15.7. The highest BCUT2D eigenvalue weighted by Gasteiger charge is 2.30. The number of carbonyl (C=O) groups excluding carboxylic acids is 1. The number of fused-ring (bicyclic) bond motifs is 1. The minimum absolute atomic E-state index is 0.160. The van der Waals surface area contributed by atoms with Gasteiger partial charge in [-0.2, -0.15) is 0 Å². The standard InChI is InChI=1S/C23H16FN3O2S/c24-19-12-6-4-10-17(19)21-18-11-5-7-13-20(18)27(25-15-28)23(30)22(26-21)29-14-16-8-2-1-3-9-16/h1-13,22H,14H2. The zero-order valence-corrected chi connectivity index (χ0v) is 16.6. The summed E-state index contributed by atoms with van der Waals surface area (Å²) in [7, 11) is 0. The van der Waals surface area contributed by atoms with Gasteiger partial charge in [0.2, 0.25) is 6.23 Å². The van der Waals surface area contributed by atoms with Crippen molar-refractivity contribution in [3.05, 3.63) is 101 Å². The molecule has 0 saturated carbocycles. The predicted octanol–water partition coefficient (Wildman–Crippen LogP) is 4.60. The smallest absolute Gasteiger partial charge is 0.259 e. The number of anilines is 1. The van der Waals surface area contributed by atoms with Gasteiger partial charge < -0.3 is 4.74 Å².